The van der Waals surface area contributed by atoms with Crippen molar-refractivity contribution in [3.63, 3.8) is 0 Å². The summed E-state index contributed by atoms with van der Waals surface area (Å²) < 4.78 is 115. The Morgan fingerprint density at radius 2 is 0.647 bits per heavy atom. The number of hydrogen-bond acceptors (Lipinski definition) is 15. The van der Waals surface area contributed by atoms with Crippen molar-refractivity contribution in [1.29, 1.82) is 0 Å². The first kappa shape index (κ1) is 49.5. The zero-order chi connectivity index (χ0) is 46.5. The highest BCUT2D eigenvalue weighted by atomic mass is 28.6. The van der Waals surface area contributed by atoms with Gasteiger partial charge in [0, 0.05) is 44.4 Å². The molecule has 13 aliphatic rings. The highest BCUT2D eigenvalue weighted by molar-refractivity contribution is 7.04. The lowest BCUT2D eigenvalue weighted by molar-refractivity contribution is -0.139. The number of esters is 1. The van der Waals surface area contributed by atoms with E-state index < -0.39 is 79.0 Å². The molecule has 7 aliphatic carbocycles. The molecule has 13 rings (SSSR count). The van der Waals surface area contributed by atoms with E-state index in [1.807, 2.05) is 0 Å². The summed E-state index contributed by atoms with van der Waals surface area (Å²) in [7, 11) is -35.9. The first-order valence-corrected chi connectivity index (χ1v) is 45.1. The van der Waals surface area contributed by atoms with Gasteiger partial charge in [0.2, 0.25) is 0 Å². The van der Waals surface area contributed by atoms with Crippen LogP contribution in [0.4, 0.5) is 0 Å². The highest BCUT2D eigenvalue weighted by Gasteiger charge is 2.89. The van der Waals surface area contributed by atoms with Crippen LogP contribution in [0.5, 0.6) is 0 Å². The Morgan fingerprint density at radius 3 is 0.868 bits per heavy atom. The van der Waals surface area contributed by atoms with E-state index in [0.29, 0.717) is 18.0 Å². The molecule has 6 heterocycles. The van der Waals surface area contributed by atoms with Crippen molar-refractivity contribution in [3.8, 4) is 0 Å². The molecule has 0 unspecified atom stereocenters. The van der Waals surface area contributed by atoms with Crippen LogP contribution < -0.4 is 0 Å². The maximum atomic E-state index is 12.6. The van der Waals surface area contributed by atoms with E-state index in [2.05, 4.69) is 19.7 Å². The van der Waals surface area contributed by atoms with E-state index >= 15 is 0 Å². The zero-order valence-corrected chi connectivity index (χ0v) is 50.3. The lowest BCUT2D eigenvalue weighted by Gasteiger charge is -2.66. The van der Waals surface area contributed by atoms with E-state index in [4.69, 9.17) is 58.2 Å². The monoisotopic (exact) mass is 1100 g/mol. The fourth-order valence-electron chi connectivity index (χ4n) is 14.8. The molecule has 24 heteroatoms. The molecule has 68 heavy (non-hydrogen) atoms. The number of hydrogen-bond donors (Lipinski definition) is 0. The van der Waals surface area contributed by atoms with E-state index in [0.717, 1.165) is 180 Å². The quantitative estimate of drug-likeness (QED) is 0.0703. The van der Waals surface area contributed by atoms with Crippen molar-refractivity contribution in [2.75, 3.05) is 6.61 Å². The second-order valence-electron chi connectivity index (χ2n) is 23.7. The van der Waals surface area contributed by atoms with Crippen LogP contribution >= 0.6 is 0 Å². The van der Waals surface area contributed by atoms with Crippen LogP contribution in [0, 0.1) is 0 Å². The molecule has 0 atom stereocenters. The van der Waals surface area contributed by atoms with E-state index in [9.17, 15) is 4.79 Å². The average molecular weight is 1100 g/mol. The lowest BCUT2D eigenvalue weighted by atomic mass is 10.4. The molecular formula is C44H80O15Si9. The molecule has 0 aromatic heterocycles. The second kappa shape index (κ2) is 18.7. The number of carbonyl (C=O) groups excluding carboxylic acids is 1. The first-order valence-electron chi connectivity index (χ1n) is 27.7. The van der Waals surface area contributed by atoms with Crippen LogP contribution in [0.1, 0.15) is 193 Å². The summed E-state index contributed by atoms with van der Waals surface area (Å²) in [5.74, 6) is -0.380. The van der Waals surface area contributed by atoms with Crippen molar-refractivity contribution < 1.29 is 63.0 Å². The summed E-state index contributed by atoms with van der Waals surface area (Å²) in [5.41, 5.74) is 0.189. The predicted molar refractivity (Wildman–Crippen MR) is 268 cm³/mol. The summed E-state index contributed by atoms with van der Waals surface area (Å²) in [6.07, 6.45) is 28.3. The molecule has 0 radical (unpaired) electrons. The van der Waals surface area contributed by atoms with Gasteiger partial charge in [0.25, 0.3) is 0 Å². The van der Waals surface area contributed by atoms with Crippen LogP contribution in [-0.4, -0.2) is 91.6 Å². The molecule has 8 bridgehead atoms. The first-order chi connectivity index (χ1) is 32.8. The van der Waals surface area contributed by atoms with E-state index in [1.165, 1.54) is 0 Å². The largest absolute Gasteiger partial charge is 0.646 e. The van der Waals surface area contributed by atoms with Gasteiger partial charge in [0.05, 0.1) is 6.61 Å². The van der Waals surface area contributed by atoms with Crippen molar-refractivity contribution in [2.45, 2.75) is 251 Å². The Kier molecular flexibility index (Phi) is 13.6. The fourth-order valence-corrected chi connectivity index (χ4v) is 73.8. The second-order valence-corrected chi connectivity index (χ2v) is 53.5. The van der Waals surface area contributed by atoms with E-state index in [1.54, 1.807) is 6.92 Å². The van der Waals surface area contributed by atoms with Crippen LogP contribution in [0.15, 0.2) is 12.2 Å². The Hall–Kier alpha value is 0.642. The van der Waals surface area contributed by atoms with Gasteiger partial charge >= 0.3 is 76.6 Å². The minimum atomic E-state index is -4.58. The number of rotatable bonds is 14. The third kappa shape index (κ3) is 8.70. The van der Waals surface area contributed by atoms with Gasteiger partial charge in [-0.3, -0.25) is 0 Å². The molecule has 7 saturated carbocycles. The van der Waals surface area contributed by atoms with Gasteiger partial charge in [-0.1, -0.05) is 96.5 Å². The van der Waals surface area contributed by atoms with Crippen molar-refractivity contribution in [3.05, 3.63) is 12.2 Å². The Morgan fingerprint density at radius 1 is 0.426 bits per heavy atom. The third-order valence-electron chi connectivity index (χ3n) is 18.3. The molecule has 15 nitrogen and oxygen atoms in total. The average Bonchev–Trinajstić information content (AvgIpc) is 4.14. The summed E-state index contributed by atoms with van der Waals surface area (Å²) in [4.78, 5) is 12.6. The maximum Gasteiger partial charge on any atom is 0.646 e. The normalized spacial score (nSPS) is 44.5. The molecule has 6 aliphatic heterocycles. The van der Waals surface area contributed by atoms with Crippen LogP contribution in [0.2, 0.25) is 57.9 Å². The third-order valence-corrected chi connectivity index (χ3v) is 61.0. The van der Waals surface area contributed by atoms with Gasteiger partial charge in [-0.25, -0.2) is 4.79 Å². The zero-order valence-electron chi connectivity index (χ0n) is 41.3. The molecular weight excluding hydrogens is 1020 g/mol. The molecule has 0 amide bonds. The topological polar surface area (TPSA) is 146 Å². The van der Waals surface area contributed by atoms with Gasteiger partial charge < -0.3 is 58.2 Å². The van der Waals surface area contributed by atoms with Crippen molar-refractivity contribution in [1.82, 2.24) is 0 Å². The van der Waals surface area contributed by atoms with Gasteiger partial charge in [0.15, 0.2) is 8.32 Å². The summed E-state index contributed by atoms with van der Waals surface area (Å²) in [5, 5.41) is 0. The molecule has 0 N–H and O–H groups in total. The molecule has 0 aromatic carbocycles. The summed E-state index contributed by atoms with van der Waals surface area (Å²) >= 11 is 0. The summed E-state index contributed by atoms with van der Waals surface area (Å²) in [6.45, 7) is 10.2. The van der Waals surface area contributed by atoms with Gasteiger partial charge in [-0.2, -0.15) is 0 Å². The lowest BCUT2D eigenvalue weighted by Crippen LogP contribution is -2.91. The number of carbonyl (C=O) groups is 1. The predicted octanol–water partition coefficient (Wildman–Crippen LogP) is 11.6. The van der Waals surface area contributed by atoms with Gasteiger partial charge in [-0.15, -0.1) is 0 Å². The number of ether oxygens (including phenoxy) is 1. The molecule has 6 saturated heterocycles. The summed E-state index contributed by atoms with van der Waals surface area (Å²) in [6, 6.07) is 0.660. The van der Waals surface area contributed by atoms with Crippen LogP contribution in [0.25, 0.3) is 0 Å². The van der Waals surface area contributed by atoms with Crippen LogP contribution in [-0.2, 0) is 63.0 Å². The molecule has 0 aromatic rings. The Bertz CT molecular complexity index is 1700. The minimum absolute atomic E-state index is 0.00590. The molecule has 13 fully saturated rings. The van der Waals surface area contributed by atoms with E-state index in [-0.39, 0.29) is 51.4 Å². The standard InChI is InChI=1S/C44H80O15Si9/c1-36(2)44(45)46-34-19-35-60(3,4)47-68-57-65(41-28-13-14-29-41)51-62(38-22-7-8-23-38)48-61(37-20-5-6-21-37)49-63(53-65,39-24-9-10-25-39)55-67(59-68,43-32-17-18-33-43)56-64(50-61,40-26-11-12-27-40)54-66(52-62,58-68)42-30-15-16-31-42/h37-43H,1,5-35H2,2-4H3. The highest BCUT2D eigenvalue weighted by Crippen LogP contribution is 2.66. The fraction of sp³-hybridized carbons (Fsp3) is 0.932. The molecule has 0 spiro atoms. The Balaban J connectivity index is 1.12. The SMILES string of the molecule is C=C(C)C(=O)OCCC[Si](C)(C)O[Si]12O[Si]3(C4CCCC4)O[Si]4(C5CCCC5)O[Si](C5CCCC5)(O1)O[Si]1(C5CCCC5)O[Si](C5CCCC5)(O2)O[Si](C2CCCC2)(O3)O[Si](C2CCCC2)(O4)O1. The Labute approximate surface area is 415 Å². The molecule has 382 valence electrons. The van der Waals surface area contributed by atoms with Gasteiger partial charge in [-0.05, 0) is 122 Å². The smallest absolute Gasteiger partial charge is 0.462 e. The van der Waals surface area contributed by atoms with Crippen molar-refractivity contribution >= 4 is 85.0 Å². The van der Waals surface area contributed by atoms with Crippen molar-refractivity contribution in [2.24, 2.45) is 0 Å². The van der Waals surface area contributed by atoms with Gasteiger partial charge in [0.1, 0.15) is 0 Å². The minimum Gasteiger partial charge on any atom is -0.462 e. The van der Waals surface area contributed by atoms with Crippen LogP contribution in [0.3, 0.4) is 0 Å². The maximum absolute atomic E-state index is 12.6.